The van der Waals surface area contributed by atoms with E-state index < -0.39 is 0 Å². The zero-order valence-electron chi connectivity index (χ0n) is 9.25. The maximum absolute atomic E-state index is 11.6. The van der Waals surface area contributed by atoms with Gasteiger partial charge in [0.2, 0.25) is 0 Å². The molecule has 0 aliphatic carbocycles. The summed E-state index contributed by atoms with van der Waals surface area (Å²) in [5.74, 6) is 0. The van der Waals surface area contributed by atoms with Crippen LogP contribution in [-0.2, 0) is 0 Å². The van der Waals surface area contributed by atoms with Crippen LogP contribution in [0, 0.1) is 0 Å². The van der Waals surface area contributed by atoms with Gasteiger partial charge in [0.05, 0.1) is 0 Å². The van der Waals surface area contributed by atoms with Crippen molar-refractivity contribution in [1.82, 2.24) is 15.2 Å². The van der Waals surface area contributed by atoms with E-state index in [0.29, 0.717) is 10.9 Å². The predicted octanol–water partition coefficient (Wildman–Crippen LogP) is 2.06. The normalized spacial score (nSPS) is 10.9. The van der Waals surface area contributed by atoms with Crippen LogP contribution in [0.2, 0.25) is 0 Å². The minimum absolute atomic E-state index is 0.225. The molecule has 0 unspecified atom stereocenters. The Bertz CT molecular complexity index is 578. The fourth-order valence-corrected chi connectivity index (χ4v) is 1.59. The molecule has 1 aromatic heterocycles. The molecule has 0 aliphatic heterocycles. The van der Waals surface area contributed by atoms with Gasteiger partial charge < -0.3 is 0 Å². The first kappa shape index (κ1) is 11.6. The van der Waals surface area contributed by atoms with Crippen molar-refractivity contribution in [3.8, 4) is 0 Å². The number of nitrogens with zero attached hydrogens (tertiary/aromatic N) is 2. The van der Waals surface area contributed by atoms with E-state index in [0.717, 1.165) is 5.56 Å². The Balaban J connectivity index is 2.25. The number of hydrogen-bond acceptors (Lipinski definition) is 4. The first-order chi connectivity index (χ1) is 8.29. The summed E-state index contributed by atoms with van der Waals surface area (Å²) < 4.78 is 0. The Morgan fingerprint density at radius 3 is 2.59 bits per heavy atom. The monoisotopic (exact) mass is 245 g/mol. The van der Waals surface area contributed by atoms with Crippen LogP contribution in [0.1, 0.15) is 11.3 Å². The second-order valence-electron chi connectivity index (χ2n) is 3.29. The van der Waals surface area contributed by atoms with E-state index in [2.05, 4.69) is 15.2 Å². The van der Waals surface area contributed by atoms with Crippen molar-refractivity contribution in [1.29, 1.82) is 0 Å². The van der Waals surface area contributed by atoms with Crippen LogP contribution in [0.25, 0.3) is 12.2 Å². The molecule has 86 valence electrons. The number of rotatable bonds is 3. The summed E-state index contributed by atoms with van der Waals surface area (Å²) in [5.41, 5.74) is 1.10. The fraction of sp³-hybridized carbons (Fsp3) is 0.0833. The SMILES string of the molecule is CSc1nnc(/C=C/c2ccccc2)c(=O)[nH]1. The quantitative estimate of drug-likeness (QED) is 0.841. The van der Waals surface area contributed by atoms with Gasteiger partial charge in [-0.3, -0.25) is 9.78 Å². The number of aromatic amines is 1. The number of nitrogens with one attached hydrogen (secondary N) is 1. The van der Waals surface area contributed by atoms with Gasteiger partial charge in [-0.25, -0.2) is 0 Å². The Morgan fingerprint density at radius 2 is 1.94 bits per heavy atom. The summed E-state index contributed by atoms with van der Waals surface area (Å²) in [7, 11) is 0. The van der Waals surface area contributed by atoms with Gasteiger partial charge in [0.15, 0.2) is 10.9 Å². The Labute approximate surface area is 103 Å². The summed E-state index contributed by atoms with van der Waals surface area (Å²) in [6, 6.07) is 9.72. The first-order valence-corrected chi connectivity index (χ1v) is 6.26. The molecule has 1 aromatic carbocycles. The standard InChI is InChI=1S/C12H11N3OS/c1-17-12-13-11(16)10(14-15-12)8-7-9-5-3-2-4-6-9/h2-8H,1H3,(H,13,15,16)/b8-7+. The van der Waals surface area contributed by atoms with Gasteiger partial charge in [-0.2, -0.15) is 0 Å². The summed E-state index contributed by atoms with van der Waals surface area (Å²) in [5, 5.41) is 8.26. The number of thioether (sulfide) groups is 1. The van der Waals surface area contributed by atoms with E-state index in [4.69, 9.17) is 0 Å². The van der Waals surface area contributed by atoms with Crippen molar-refractivity contribution >= 4 is 23.9 Å². The van der Waals surface area contributed by atoms with E-state index >= 15 is 0 Å². The molecule has 4 nitrogen and oxygen atoms in total. The Kier molecular flexibility index (Phi) is 3.72. The molecular formula is C12H11N3OS. The average molecular weight is 245 g/mol. The molecule has 2 aromatic rings. The van der Waals surface area contributed by atoms with Crippen LogP contribution in [0.5, 0.6) is 0 Å². The highest BCUT2D eigenvalue weighted by molar-refractivity contribution is 7.98. The molecule has 17 heavy (non-hydrogen) atoms. The van der Waals surface area contributed by atoms with E-state index in [1.54, 1.807) is 6.08 Å². The fourth-order valence-electron chi connectivity index (χ4n) is 1.27. The van der Waals surface area contributed by atoms with E-state index in [9.17, 15) is 4.79 Å². The number of hydrogen-bond donors (Lipinski definition) is 1. The van der Waals surface area contributed by atoms with Crippen LogP contribution < -0.4 is 5.56 Å². The van der Waals surface area contributed by atoms with Gasteiger partial charge >= 0.3 is 0 Å². The first-order valence-electron chi connectivity index (χ1n) is 5.04. The van der Waals surface area contributed by atoms with Gasteiger partial charge in [0, 0.05) is 0 Å². The molecule has 0 fully saturated rings. The maximum atomic E-state index is 11.6. The average Bonchev–Trinajstić information content (AvgIpc) is 2.38. The summed E-state index contributed by atoms with van der Waals surface area (Å²) in [6.07, 6.45) is 5.32. The van der Waals surface area contributed by atoms with Crippen molar-refractivity contribution in [2.75, 3.05) is 6.26 Å². The summed E-state index contributed by atoms with van der Waals surface area (Å²) >= 11 is 1.35. The van der Waals surface area contributed by atoms with E-state index in [1.165, 1.54) is 11.8 Å². The topological polar surface area (TPSA) is 58.6 Å². The number of H-pyrrole nitrogens is 1. The second kappa shape index (κ2) is 5.45. The van der Waals surface area contributed by atoms with Gasteiger partial charge in [-0.15, -0.1) is 10.2 Å². The Hall–Kier alpha value is -1.88. The summed E-state index contributed by atoms with van der Waals surface area (Å²) in [6.45, 7) is 0. The highest BCUT2D eigenvalue weighted by Gasteiger charge is 1.99. The van der Waals surface area contributed by atoms with Gasteiger partial charge in [0.25, 0.3) is 5.56 Å². The van der Waals surface area contributed by atoms with Crippen LogP contribution in [0.15, 0.2) is 40.3 Å². The van der Waals surface area contributed by atoms with E-state index in [-0.39, 0.29) is 5.56 Å². The predicted molar refractivity (Wildman–Crippen MR) is 69.8 cm³/mol. The lowest BCUT2D eigenvalue weighted by Crippen LogP contribution is -2.14. The van der Waals surface area contributed by atoms with Crippen LogP contribution >= 0.6 is 11.8 Å². The minimum Gasteiger partial charge on any atom is -0.298 e. The molecule has 2 rings (SSSR count). The maximum Gasteiger partial charge on any atom is 0.277 e. The smallest absolute Gasteiger partial charge is 0.277 e. The van der Waals surface area contributed by atoms with Gasteiger partial charge in [-0.05, 0) is 17.9 Å². The zero-order valence-corrected chi connectivity index (χ0v) is 10.1. The molecule has 0 spiro atoms. The molecule has 0 aliphatic rings. The second-order valence-corrected chi connectivity index (χ2v) is 4.09. The molecule has 0 saturated carbocycles. The number of aromatic nitrogens is 3. The molecule has 0 saturated heterocycles. The lowest BCUT2D eigenvalue weighted by Gasteiger charge is -1.95. The molecular weight excluding hydrogens is 234 g/mol. The molecule has 1 N–H and O–H groups in total. The molecule has 0 amide bonds. The van der Waals surface area contributed by atoms with Crippen molar-refractivity contribution < 1.29 is 0 Å². The molecule has 0 radical (unpaired) electrons. The lowest BCUT2D eigenvalue weighted by molar-refractivity contribution is 0.811. The molecule has 1 heterocycles. The van der Waals surface area contributed by atoms with Gasteiger partial charge in [-0.1, -0.05) is 48.2 Å². The van der Waals surface area contributed by atoms with Crippen LogP contribution in [0.3, 0.4) is 0 Å². The highest BCUT2D eigenvalue weighted by atomic mass is 32.2. The van der Waals surface area contributed by atoms with Gasteiger partial charge in [0.1, 0.15) is 0 Å². The van der Waals surface area contributed by atoms with E-state index in [1.807, 2.05) is 42.7 Å². The molecule has 0 bridgehead atoms. The third kappa shape index (κ3) is 3.04. The van der Waals surface area contributed by atoms with Crippen molar-refractivity contribution in [2.45, 2.75) is 5.16 Å². The number of benzene rings is 1. The zero-order chi connectivity index (χ0) is 12.1. The van der Waals surface area contributed by atoms with Crippen LogP contribution in [0.4, 0.5) is 0 Å². The molecule has 5 heteroatoms. The molecule has 0 atom stereocenters. The summed E-state index contributed by atoms with van der Waals surface area (Å²) in [4.78, 5) is 14.2. The van der Waals surface area contributed by atoms with Crippen molar-refractivity contribution in [3.63, 3.8) is 0 Å². The van der Waals surface area contributed by atoms with Crippen molar-refractivity contribution in [2.24, 2.45) is 0 Å². The minimum atomic E-state index is -0.225. The largest absolute Gasteiger partial charge is 0.298 e. The highest BCUT2D eigenvalue weighted by Crippen LogP contribution is 2.05. The Morgan fingerprint density at radius 1 is 1.18 bits per heavy atom. The van der Waals surface area contributed by atoms with Crippen LogP contribution in [-0.4, -0.2) is 21.4 Å². The third-order valence-electron chi connectivity index (χ3n) is 2.13. The van der Waals surface area contributed by atoms with Crippen molar-refractivity contribution in [3.05, 3.63) is 51.9 Å². The lowest BCUT2D eigenvalue weighted by atomic mass is 10.2. The third-order valence-corrected chi connectivity index (χ3v) is 2.70.